The third-order valence-corrected chi connectivity index (χ3v) is 3.36. The van der Waals surface area contributed by atoms with Crippen LogP contribution in [0, 0.1) is 5.82 Å². The van der Waals surface area contributed by atoms with Gasteiger partial charge in [-0.15, -0.1) is 5.10 Å². The van der Waals surface area contributed by atoms with Gasteiger partial charge in [-0.25, -0.2) is 4.39 Å². The van der Waals surface area contributed by atoms with E-state index in [1.165, 1.54) is 23.5 Å². The first-order chi connectivity index (χ1) is 9.20. The van der Waals surface area contributed by atoms with Gasteiger partial charge < -0.3 is 10.1 Å². The highest BCUT2D eigenvalue weighted by Crippen LogP contribution is 2.30. The van der Waals surface area contributed by atoms with Crippen LogP contribution in [0.25, 0.3) is 0 Å². The second kappa shape index (κ2) is 6.79. The van der Waals surface area contributed by atoms with E-state index in [0.29, 0.717) is 11.7 Å². The Morgan fingerprint density at radius 3 is 3.05 bits per heavy atom. The summed E-state index contributed by atoms with van der Waals surface area (Å²) < 4.78 is 19.0. The molecule has 0 aliphatic rings. The van der Waals surface area contributed by atoms with Crippen molar-refractivity contribution in [3.63, 3.8) is 0 Å². The van der Waals surface area contributed by atoms with Crippen LogP contribution in [-0.2, 0) is 6.54 Å². The summed E-state index contributed by atoms with van der Waals surface area (Å²) in [6.07, 6.45) is 1.05. The number of hydrogen-bond donors (Lipinski definition) is 1. The molecule has 102 valence electrons. The number of rotatable bonds is 6. The van der Waals surface area contributed by atoms with Crippen molar-refractivity contribution in [2.24, 2.45) is 0 Å². The zero-order chi connectivity index (χ0) is 13.7. The molecule has 0 aliphatic carbocycles. The Bertz CT molecular complexity index is 550. The summed E-state index contributed by atoms with van der Waals surface area (Å²) in [5, 5.41) is 12.1. The minimum atomic E-state index is -0.593. The maximum Gasteiger partial charge on any atom is 0.299 e. The predicted molar refractivity (Wildman–Crippen MR) is 73.4 cm³/mol. The Labute approximate surface area is 119 Å². The lowest BCUT2D eigenvalue weighted by atomic mass is 10.3. The first kappa shape index (κ1) is 14.2. The second-order valence-electron chi connectivity index (χ2n) is 3.79. The fourth-order valence-electron chi connectivity index (χ4n) is 1.38. The van der Waals surface area contributed by atoms with Crippen molar-refractivity contribution >= 4 is 22.9 Å². The number of aromatic nitrogens is 2. The van der Waals surface area contributed by atoms with E-state index in [4.69, 9.17) is 16.3 Å². The lowest BCUT2D eigenvalue weighted by molar-refractivity contribution is 0.436. The quantitative estimate of drug-likeness (QED) is 0.828. The normalized spacial score (nSPS) is 10.7. The van der Waals surface area contributed by atoms with Crippen LogP contribution in [0.4, 0.5) is 4.39 Å². The summed E-state index contributed by atoms with van der Waals surface area (Å²) in [6.45, 7) is 3.63. The highest BCUT2D eigenvalue weighted by Gasteiger charge is 2.11. The standard InChI is InChI=1S/C12H13ClFN3OS/c1-2-6-15-7-10-16-17-12(19-10)18-9-5-3-4-8(13)11(9)14/h3-5,15H,2,6-7H2,1H3. The fraction of sp³-hybridized carbons (Fsp3) is 0.333. The molecule has 1 aromatic carbocycles. The van der Waals surface area contributed by atoms with E-state index in [-0.39, 0.29) is 10.8 Å². The average molecular weight is 302 g/mol. The van der Waals surface area contributed by atoms with Crippen LogP contribution in [0.1, 0.15) is 18.4 Å². The molecule has 0 bridgehead atoms. The Morgan fingerprint density at radius 2 is 2.26 bits per heavy atom. The minimum absolute atomic E-state index is 0.0202. The molecule has 1 heterocycles. The molecule has 0 aliphatic heterocycles. The van der Waals surface area contributed by atoms with Crippen molar-refractivity contribution in [3.05, 3.63) is 34.0 Å². The third kappa shape index (κ3) is 3.86. The topological polar surface area (TPSA) is 47.0 Å². The van der Waals surface area contributed by atoms with Crippen molar-refractivity contribution in [1.82, 2.24) is 15.5 Å². The van der Waals surface area contributed by atoms with Crippen molar-refractivity contribution < 1.29 is 9.13 Å². The molecule has 0 radical (unpaired) electrons. The minimum Gasteiger partial charge on any atom is -0.427 e. The molecule has 2 rings (SSSR count). The number of nitrogens with one attached hydrogen (secondary N) is 1. The van der Waals surface area contributed by atoms with E-state index in [0.717, 1.165) is 18.0 Å². The summed E-state index contributed by atoms with van der Waals surface area (Å²) in [7, 11) is 0. The van der Waals surface area contributed by atoms with Gasteiger partial charge in [0.05, 0.1) is 5.02 Å². The van der Waals surface area contributed by atoms with Crippen LogP contribution in [0.2, 0.25) is 5.02 Å². The largest absolute Gasteiger partial charge is 0.427 e. The Balaban J connectivity index is 2.01. The van der Waals surface area contributed by atoms with Gasteiger partial charge in [0, 0.05) is 6.54 Å². The molecule has 0 fully saturated rings. The lowest BCUT2D eigenvalue weighted by Gasteiger charge is -2.02. The molecule has 2 aromatic rings. The highest BCUT2D eigenvalue weighted by atomic mass is 35.5. The monoisotopic (exact) mass is 301 g/mol. The zero-order valence-electron chi connectivity index (χ0n) is 10.3. The molecule has 1 aromatic heterocycles. The molecule has 0 atom stereocenters. The van der Waals surface area contributed by atoms with E-state index in [1.54, 1.807) is 6.07 Å². The molecular formula is C12H13ClFN3OS. The Hall–Kier alpha value is -1.24. The molecule has 0 amide bonds. The van der Waals surface area contributed by atoms with E-state index < -0.39 is 5.82 Å². The maximum atomic E-state index is 13.6. The molecule has 4 nitrogen and oxygen atoms in total. The first-order valence-corrected chi connectivity index (χ1v) is 7.05. The van der Waals surface area contributed by atoms with E-state index >= 15 is 0 Å². The third-order valence-electron chi connectivity index (χ3n) is 2.26. The van der Waals surface area contributed by atoms with E-state index in [9.17, 15) is 4.39 Å². The van der Waals surface area contributed by atoms with Crippen LogP contribution >= 0.6 is 22.9 Å². The number of nitrogens with zero attached hydrogens (tertiary/aromatic N) is 2. The average Bonchev–Trinajstić information content (AvgIpc) is 2.83. The van der Waals surface area contributed by atoms with Gasteiger partial charge in [-0.1, -0.05) is 41.0 Å². The van der Waals surface area contributed by atoms with Gasteiger partial charge in [0.1, 0.15) is 5.01 Å². The van der Waals surface area contributed by atoms with Crippen LogP contribution in [0.3, 0.4) is 0 Å². The summed E-state index contributed by atoms with van der Waals surface area (Å²) in [5.41, 5.74) is 0. The summed E-state index contributed by atoms with van der Waals surface area (Å²) >= 11 is 6.95. The number of hydrogen-bond acceptors (Lipinski definition) is 5. The first-order valence-electron chi connectivity index (χ1n) is 5.85. The van der Waals surface area contributed by atoms with Crippen LogP contribution < -0.4 is 10.1 Å². The Morgan fingerprint density at radius 1 is 1.42 bits per heavy atom. The van der Waals surface area contributed by atoms with E-state index in [1.807, 2.05) is 0 Å². The van der Waals surface area contributed by atoms with Crippen molar-refractivity contribution in [3.8, 4) is 10.9 Å². The summed E-state index contributed by atoms with van der Waals surface area (Å²) in [5.74, 6) is -0.540. The van der Waals surface area contributed by atoms with Gasteiger partial charge in [0.2, 0.25) is 0 Å². The van der Waals surface area contributed by atoms with Gasteiger partial charge in [0.25, 0.3) is 5.19 Å². The lowest BCUT2D eigenvalue weighted by Crippen LogP contribution is -2.13. The number of ether oxygens (including phenoxy) is 1. The second-order valence-corrected chi connectivity index (χ2v) is 5.22. The smallest absolute Gasteiger partial charge is 0.299 e. The highest BCUT2D eigenvalue weighted by molar-refractivity contribution is 7.13. The number of halogens is 2. The molecular weight excluding hydrogens is 289 g/mol. The van der Waals surface area contributed by atoms with Crippen LogP contribution in [-0.4, -0.2) is 16.7 Å². The molecule has 0 spiro atoms. The Kier molecular flexibility index (Phi) is 5.07. The van der Waals surface area contributed by atoms with Crippen molar-refractivity contribution in [2.45, 2.75) is 19.9 Å². The summed E-state index contributed by atoms with van der Waals surface area (Å²) in [4.78, 5) is 0. The number of benzene rings is 1. The summed E-state index contributed by atoms with van der Waals surface area (Å²) in [6, 6.07) is 4.58. The van der Waals surface area contributed by atoms with Gasteiger partial charge in [-0.05, 0) is 25.1 Å². The molecule has 0 saturated carbocycles. The molecule has 7 heteroatoms. The van der Waals surface area contributed by atoms with Gasteiger partial charge in [-0.2, -0.15) is 0 Å². The van der Waals surface area contributed by atoms with Gasteiger partial charge in [0.15, 0.2) is 11.6 Å². The van der Waals surface area contributed by atoms with Crippen LogP contribution in [0.5, 0.6) is 10.9 Å². The predicted octanol–water partition coefficient (Wildman–Crippen LogP) is 3.62. The fourth-order valence-corrected chi connectivity index (χ4v) is 2.22. The van der Waals surface area contributed by atoms with Crippen molar-refractivity contribution in [2.75, 3.05) is 6.54 Å². The maximum absolute atomic E-state index is 13.6. The van der Waals surface area contributed by atoms with Crippen molar-refractivity contribution in [1.29, 1.82) is 0 Å². The zero-order valence-corrected chi connectivity index (χ0v) is 11.9. The van der Waals surface area contributed by atoms with Gasteiger partial charge in [-0.3, -0.25) is 0 Å². The molecule has 0 unspecified atom stereocenters. The van der Waals surface area contributed by atoms with E-state index in [2.05, 4.69) is 22.4 Å². The van der Waals surface area contributed by atoms with Gasteiger partial charge >= 0.3 is 0 Å². The molecule has 19 heavy (non-hydrogen) atoms. The van der Waals surface area contributed by atoms with Crippen LogP contribution in [0.15, 0.2) is 18.2 Å². The SMILES string of the molecule is CCCNCc1nnc(Oc2cccc(Cl)c2F)s1. The molecule has 1 N–H and O–H groups in total. The molecule has 0 saturated heterocycles.